The highest BCUT2D eigenvalue weighted by Crippen LogP contribution is 2.20. The second kappa shape index (κ2) is 3.95. The first-order valence-corrected chi connectivity index (χ1v) is 6.46. The van der Waals surface area contributed by atoms with Gasteiger partial charge in [0.25, 0.3) is 5.03 Å². The lowest BCUT2D eigenvalue weighted by molar-refractivity contribution is -0.390. The highest BCUT2D eigenvalue weighted by atomic mass is 127. The number of rotatable bonds is 2. The fraction of sp³-hybridized carbons (Fsp3) is 0. The highest BCUT2D eigenvalue weighted by Gasteiger charge is 2.21. The molecular weight excluding hydrogens is 346 g/mol. The van der Waals surface area contributed by atoms with Gasteiger partial charge in [-0.2, -0.15) is 0 Å². The van der Waals surface area contributed by atoms with Crippen LogP contribution in [0.2, 0.25) is 0 Å². The summed E-state index contributed by atoms with van der Waals surface area (Å²) in [6.07, 6.45) is 0. The molecule has 0 atom stereocenters. The summed E-state index contributed by atoms with van der Waals surface area (Å²) in [7, 11) is 0.961. The number of hydrogen-bond donors (Lipinski definition) is 0. The number of halogens is 2. The maximum Gasteiger partial charge on any atom is 0.366 e. The van der Waals surface area contributed by atoms with E-state index in [1.54, 1.807) is 22.6 Å². The fourth-order valence-corrected chi connectivity index (χ4v) is 2.17. The average Bonchev–Trinajstić information content (AvgIpc) is 2.01. The zero-order valence-electron chi connectivity index (χ0n) is 6.35. The van der Waals surface area contributed by atoms with E-state index in [4.69, 9.17) is 10.7 Å². The van der Waals surface area contributed by atoms with Crippen molar-refractivity contribution in [2.24, 2.45) is 0 Å². The number of pyridine rings is 1. The molecule has 1 aromatic rings. The summed E-state index contributed by atoms with van der Waals surface area (Å²) in [5.74, 6) is -0.545. The summed E-state index contributed by atoms with van der Waals surface area (Å²) in [6, 6.07) is 2.29. The third-order valence-corrected chi connectivity index (χ3v) is 3.00. The Labute approximate surface area is 97.0 Å². The zero-order valence-corrected chi connectivity index (χ0v) is 10.1. The van der Waals surface area contributed by atoms with E-state index in [0.717, 1.165) is 12.1 Å². The second-order valence-electron chi connectivity index (χ2n) is 2.18. The van der Waals surface area contributed by atoms with Gasteiger partial charge in [0.2, 0.25) is 0 Å². The van der Waals surface area contributed by atoms with Crippen molar-refractivity contribution in [3.8, 4) is 0 Å². The SMILES string of the molecule is O=[N+]([O-])c1cc(I)cc(S(=O)(=O)Cl)n1. The van der Waals surface area contributed by atoms with E-state index in [0.29, 0.717) is 3.57 Å². The summed E-state index contributed by atoms with van der Waals surface area (Å²) < 4.78 is 22.1. The monoisotopic (exact) mass is 348 g/mol. The lowest BCUT2D eigenvalue weighted by atomic mass is 10.5. The predicted octanol–water partition coefficient (Wildman–Crippen LogP) is 1.52. The van der Waals surface area contributed by atoms with Crippen LogP contribution in [0.4, 0.5) is 5.82 Å². The van der Waals surface area contributed by atoms with Gasteiger partial charge in [-0.1, -0.05) is 0 Å². The molecule has 0 radical (unpaired) electrons. The lowest BCUT2D eigenvalue weighted by Gasteiger charge is -1.94. The van der Waals surface area contributed by atoms with Crippen molar-refractivity contribution >= 4 is 48.1 Å². The Morgan fingerprint density at radius 1 is 1.50 bits per heavy atom. The predicted molar refractivity (Wildman–Crippen MR) is 56.6 cm³/mol. The second-order valence-corrected chi connectivity index (χ2v) is 5.94. The van der Waals surface area contributed by atoms with Crippen LogP contribution >= 0.6 is 33.3 Å². The molecular formula is C5H2ClIN2O4S. The van der Waals surface area contributed by atoms with Crippen molar-refractivity contribution in [1.29, 1.82) is 0 Å². The summed E-state index contributed by atoms with van der Waals surface area (Å²) in [5.41, 5.74) is 0. The normalized spacial score (nSPS) is 11.3. The standard InChI is InChI=1S/C5H2ClIN2O4S/c6-14(12,13)5-2-3(7)1-4(8-5)9(10)11/h1-2H. The van der Waals surface area contributed by atoms with E-state index >= 15 is 0 Å². The highest BCUT2D eigenvalue weighted by molar-refractivity contribution is 14.1. The molecule has 1 rings (SSSR count). The molecule has 0 amide bonds. The van der Waals surface area contributed by atoms with Crippen LogP contribution in [0.5, 0.6) is 0 Å². The summed E-state index contributed by atoms with van der Waals surface area (Å²) >= 11 is 1.74. The van der Waals surface area contributed by atoms with E-state index in [-0.39, 0.29) is 0 Å². The van der Waals surface area contributed by atoms with E-state index in [2.05, 4.69) is 4.98 Å². The van der Waals surface area contributed by atoms with Crippen molar-refractivity contribution in [3.63, 3.8) is 0 Å². The fourth-order valence-electron chi connectivity index (χ4n) is 0.679. The van der Waals surface area contributed by atoms with Crippen LogP contribution in [0.15, 0.2) is 17.2 Å². The van der Waals surface area contributed by atoms with Crippen LogP contribution in [-0.4, -0.2) is 18.3 Å². The Bertz CT molecular complexity index is 489. The molecule has 0 N–H and O–H groups in total. The van der Waals surface area contributed by atoms with Gasteiger partial charge in [-0.3, -0.25) is 0 Å². The molecule has 0 saturated heterocycles. The molecule has 0 fully saturated rings. The maximum atomic E-state index is 10.8. The third kappa shape index (κ3) is 2.75. The molecule has 0 unspecified atom stereocenters. The van der Waals surface area contributed by atoms with Crippen molar-refractivity contribution in [1.82, 2.24) is 4.98 Å². The summed E-state index contributed by atoms with van der Waals surface area (Å²) in [4.78, 5) is 12.8. The maximum absolute atomic E-state index is 10.8. The lowest BCUT2D eigenvalue weighted by Crippen LogP contribution is -2.00. The van der Waals surface area contributed by atoms with Gasteiger partial charge in [-0.25, -0.2) is 8.42 Å². The average molecular weight is 349 g/mol. The van der Waals surface area contributed by atoms with Crippen LogP contribution in [0.3, 0.4) is 0 Å². The van der Waals surface area contributed by atoms with Gasteiger partial charge in [0.05, 0.1) is 0 Å². The quantitative estimate of drug-likeness (QED) is 0.350. The van der Waals surface area contributed by atoms with Gasteiger partial charge in [0.15, 0.2) is 0 Å². The first-order valence-electron chi connectivity index (χ1n) is 3.07. The van der Waals surface area contributed by atoms with Gasteiger partial charge in [0.1, 0.15) is 0 Å². The number of hydrogen-bond acceptors (Lipinski definition) is 5. The molecule has 76 valence electrons. The van der Waals surface area contributed by atoms with Crippen LogP contribution in [0.1, 0.15) is 0 Å². The molecule has 0 spiro atoms. The first kappa shape index (κ1) is 11.6. The van der Waals surface area contributed by atoms with Gasteiger partial charge in [-0.05, 0) is 32.5 Å². The van der Waals surface area contributed by atoms with Crippen molar-refractivity contribution in [2.75, 3.05) is 0 Å². The molecule has 0 aromatic carbocycles. The number of nitro groups is 1. The molecule has 0 aliphatic carbocycles. The van der Waals surface area contributed by atoms with E-state index < -0.39 is 24.8 Å². The largest absolute Gasteiger partial charge is 0.366 e. The van der Waals surface area contributed by atoms with Gasteiger partial charge in [-0.15, -0.1) is 0 Å². The van der Waals surface area contributed by atoms with Gasteiger partial charge >= 0.3 is 14.9 Å². The smallest absolute Gasteiger partial charge is 0.358 e. The minimum Gasteiger partial charge on any atom is -0.358 e. The Hall–Kier alpha value is -0.480. The molecule has 0 bridgehead atoms. The van der Waals surface area contributed by atoms with Crippen molar-refractivity contribution < 1.29 is 13.3 Å². The van der Waals surface area contributed by atoms with E-state index in [9.17, 15) is 18.5 Å². The van der Waals surface area contributed by atoms with Crippen LogP contribution in [0, 0.1) is 13.7 Å². The summed E-state index contributed by atoms with van der Waals surface area (Å²) in [5, 5.41) is 9.82. The van der Waals surface area contributed by atoms with Gasteiger partial charge < -0.3 is 10.1 Å². The van der Waals surface area contributed by atoms with E-state index in [1.807, 2.05) is 0 Å². The molecule has 0 aliphatic rings. The Balaban J connectivity index is 3.43. The van der Waals surface area contributed by atoms with Crippen LogP contribution in [-0.2, 0) is 9.05 Å². The van der Waals surface area contributed by atoms with Gasteiger partial charge in [0, 0.05) is 26.4 Å². The topological polar surface area (TPSA) is 90.2 Å². The Morgan fingerprint density at radius 2 is 2.07 bits per heavy atom. The molecule has 14 heavy (non-hydrogen) atoms. The Kier molecular flexibility index (Phi) is 3.27. The van der Waals surface area contributed by atoms with Crippen LogP contribution in [0.25, 0.3) is 0 Å². The van der Waals surface area contributed by atoms with E-state index in [1.165, 1.54) is 0 Å². The molecule has 9 heteroatoms. The third-order valence-electron chi connectivity index (χ3n) is 1.19. The molecule has 0 saturated carbocycles. The first-order chi connectivity index (χ1) is 6.30. The molecule has 1 heterocycles. The Morgan fingerprint density at radius 3 is 2.50 bits per heavy atom. The number of nitrogens with zero attached hydrogens (tertiary/aromatic N) is 2. The van der Waals surface area contributed by atoms with Crippen molar-refractivity contribution in [3.05, 3.63) is 25.8 Å². The molecule has 0 aliphatic heterocycles. The minimum atomic E-state index is -4.03. The minimum absolute atomic E-state index is 0.378. The molecule has 1 aromatic heterocycles. The summed E-state index contributed by atoms with van der Waals surface area (Å²) in [6.45, 7) is 0. The van der Waals surface area contributed by atoms with Crippen molar-refractivity contribution in [2.45, 2.75) is 5.03 Å². The van der Waals surface area contributed by atoms with Crippen LogP contribution < -0.4 is 0 Å². The zero-order chi connectivity index (χ0) is 10.9. The number of aromatic nitrogens is 1. The molecule has 6 nitrogen and oxygen atoms in total.